The van der Waals surface area contributed by atoms with Crippen molar-refractivity contribution in [3.05, 3.63) is 60.3 Å². The van der Waals surface area contributed by atoms with E-state index in [4.69, 9.17) is 9.47 Å². The summed E-state index contributed by atoms with van der Waals surface area (Å²) in [7, 11) is 1.39. The highest BCUT2D eigenvalue weighted by molar-refractivity contribution is 6.05. The molecule has 3 heterocycles. The first-order chi connectivity index (χ1) is 16.6. The zero-order chi connectivity index (χ0) is 23.9. The molecule has 0 aliphatic carbocycles. The number of benzene rings is 1. The van der Waals surface area contributed by atoms with Crippen LogP contribution < -0.4 is 5.32 Å². The monoisotopic (exact) mass is 466 g/mol. The van der Waals surface area contributed by atoms with Crippen molar-refractivity contribution in [1.29, 1.82) is 0 Å². The van der Waals surface area contributed by atoms with Gasteiger partial charge < -0.3 is 19.4 Å². The van der Waals surface area contributed by atoms with Gasteiger partial charge in [0, 0.05) is 56.2 Å². The van der Waals surface area contributed by atoms with E-state index in [9.17, 15) is 9.18 Å². The summed E-state index contributed by atoms with van der Waals surface area (Å²) < 4.78 is 26.4. The van der Waals surface area contributed by atoms with Crippen LogP contribution in [0, 0.1) is 5.82 Å². The number of carbonyl (C=O) groups is 1. The van der Waals surface area contributed by atoms with Crippen molar-refractivity contribution in [2.45, 2.75) is 19.9 Å². The molecule has 1 saturated heterocycles. The topological polar surface area (TPSA) is 68.6 Å². The maximum Gasteiger partial charge on any atom is 0.355 e. The third kappa shape index (κ3) is 5.13. The molecule has 7 nitrogen and oxygen atoms in total. The predicted molar refractivity (Wildman–Crippen MR) is 130 cm³/mol. The van der Waals surface area contributed by atoms with E-state index < -0.39 is 5.97 Å². The van der Waals surface area contributed by atoms with Crippen LogP contribution in [-0.2, 0) is 16.0 Å². The van der Waals surface area contributed by atoms with Gasteiger partial charge in [-0.25, -0.2) is 9.18 Å². The number of rotatable bonds is 9. The molecular formula is C26H31FN4O3. The Morgan fingerprint density at radius 1 is 1.06 bits per heavy atom. The largest absolute Gasteiger partial charge is 0.464 e. The van der Waals surface area contributed by atoms with Crippen molar-refractivity contribution in [3.63, 3.8) is 0 Å². The minimum absolute atomic E-state index is 0.328. The molecule has 0 amide bonds. The van der Waals surface area contributed by atoms with E-state index in [1.54, 1.807) is 24.5 Å². The van der Waals surface area contributed by atoms with Crippen LogP contribution in [0.25, 0.3) is 22.3 Å². The number of pyridine rings is 1. The third-order valence-electron chi connectivity index (χ3n) is 6.02. The molecule has 1 aliphatic rings. The Morgan fingerprint density at radius 2 is 1.74 bits per heavy atom. The Kier molecular flexibility index (Phi) is 7.92. The van der Waals surface area contributed by atoms with E-state index in [1.807, 2.05) is 16.7 Å². The van der Waals surface area contributed by atoms with Crippen molar-refractivity contribution < 1.29 is 18.7 Å². The number of ether oxygens (including phenoxy) is 2. The fraction of sp³-hybridized carbons (Fsp3) is 0.385. The first kappa shape index (κ1) is 23.9. The molecule has 4 rings (SSSR count). The number of aromatic nitrogens is 2. The summed E-state index contributed by atoms with van der Waals surface area (Å²) in [6.07, 6.45) is 4.29. The van der Waals surface area contributed by atoms with Crippen molar-refractivity contribution in [1.82, 2.24) is 14.5 Å². The number of morpholine rings is 1. The summed E-state index contributed by atoms with van der Waals surface area (Å²) in [6.45, 7) is 7.56. The Bertz CT molecular complexity index is 1090. The van der Waals surface area contributed by atoms with Crippen LogP contribution >= 0.6 is 0 Å². The Hall–Kier alpha value is -3.23. The molecular weight excluding hydrogens is 435 g/mol. The number of nitrogens with zero attached hydrogens (tertiary/aromatic N) is 3. The van der Waals surface area contributed by atoms with Gasteiger partial charge in [-0.3, -0.25) is 9.88 Å². The first-order valence-electron chi connectivity index (χ1n) is 11.7. The summed E-state index contributed by atoms with van der Waals surface area (Å²) in [5.74, 6) is 0.0935. The van der Waals surface area contributed by atoms with Crippen LogP contribution in [0.1, 0.15) is 23.8 Å². The zero-order valence-electron chi connectivity index (χ0n) is 19.7. The predicted octanol–water partition coefficient (Wildman–Crippen LogP) is 4.30. The second kappa shape index (κ2) is 11.3. The normalized spacial score (nSPS) is 14.2. The maximum absolute atomic E-state index is 13.8. The van der Waals surface area contributed by atoms with E-state index in [0.717, 1.165) is 67.3 Å². The summed E-state index contributed by atoms with van der Waals surface area (Å²) in [5, 5.41) is 3.61. The number of hydrogen-bond donors (Lipinski definition) is 1. The smallest absolute Gasteiger partial charge is 0.355 e. The van der Waals surface area contributed by atoms with Crippen molar-refractivity contribution in [2.24, 2.45) is 0 Å². The minimum atomic E-state index is -0.427. The molecule has 0 spiro atoms. The highest BCUT2D eigenvalue weighted by Gasteiger charge is 2.29. The standard InChI is InChI=1S/C26H31FN4O3/c1-3-13-31-24(26(32)33-2)22(19-4-6-21(27)7-5-19)23(20-8-10-28-11-9-20)25(31)29-12-14-30-15-17-34-18-16-30/h4-11,29H,3,12-18H2,1-2H3. The van der Waals surface area contributed by atoms with Crippen LogP contribution in [0.3, 0.4) is 0 Å². The van der Waals surface area contributed by atoms with Gasteiger partial charge in [-0.05, 0) is 41.8 Å². The van der Waals surface area contributed by atoms with E-state index >= 15 is 0 Å². The SMILES string of the molecule is CCCn1c(NCCN2CCOCC2)c(-c2ccncc2)c(-c2ccc(F)cc2)c1C(=O)OC. The Morgan fingerprint density at radius 3 is 2.38 bits per heavy atom. The number of methoxy groups -OCH3 is 1. The van der Waals surface area contributed by atoms with Gasteiger partial charge in [0.25, 0.3) is 0 Å². The molecule has 0 saturated carbocycles. The van der Waals surface area contributed by atoms with E-state index in [1.165, 1.54) is 19.2 Å². The highest BCUT2D eigenvalue weighted by Crippen LogP contribution is 2.43. The highest BCUT2D eigenvalue weighted by atomic mass is 19.1. The Balaban J connectivity index is 1.86. The second-order valence-electron chi connectivity index (χ2n) is 8.21. The van der Waals surface area contributed by atoms with Gasteiger partial charge >= 0.3 is 5.97 Å². The number of nitrogens with one attached hydrogen (secondary N) is 1. The molecule has 180 valence electrons. The molecule has 34 heavy (non-hydrogen) atoms. The summed E-state index contributed by atoms with van der Waals surface area (Å²) in [6, 6.07) is 10.1. The van der Waals surface area contributed by atoms with Crippen LogP contribution in [-0.4, -0.2) is 66.9 Å². The fourth-order valence-corrected chi connectivity index (χ4v) is 4.41. The molecule has 8 heteroatoms. The van der Waals surface area contributed by atoms with Gasteiger partial charge in [-0.15, -0.1) is 0 Å². The number of anilines is 1. The quantitative estimate of drug-likeness (QED) is 0.475. The fourth-order valence-electron chi connectivity index (χ4n) is 4.41. The van der Waals surface area contributed by atoms with Crippen LogP contribution in [0.15, 0.2) is 48.8 Å². The summed E-state index contributed by atoms with van der Waals surface area (Å²) in [5.41, 5.74) is 3.73. The molecule has 0 bridgehead atoms. The van der Waals surface area contributed by atoms with Gasteiger partial charge in [0.2, 0.25) is 0 Å². The third-order valence-corrected chi connectivity index (χ3v) is 6.02. The molecule has 0 radical (unpaired) electrons. The molecule has 1 aromatic carbocycles. The van der Waals surface area contributed by atoms with Crippen LogP contribution in [0.2, 0.25) is 0 Å². The van der Waals surface area contributed by atoms with Gasteiger partial charge in [0.1, 0.15) is 17.3 Å². The van der Waals surface area contributed by atoms with Gasteiger partial charge in [0.15, 0.2) is 0 Å². The van der Waals surface area contributed by atoms with E-state index in [2.05, 4.69) is 22.1 Å². The maximum atomic E-state index is 13.8. The summed E-state index contributed by atoms with van der Waals surface area (Å²) in [4.78, 5) is 19.6. The van der Waals surface area contributed by atoms with Gasteiger partial charge in [-0.1, -0.05) is 19.1 Å². The molecule has 1 fully saturated rings. The molecule has 2 aromatic heterocycles. The van der Waals surface area contributed by atoms with Crippen molar-refractivity contribution in [3.8, 4) is 22.3 Å². The van der Waals surface area contributed by atoms with E-state index in [-0.39, 0.29) is 5.82 Å². The average Bonchev–Trinajstić information content (AvgIpc) is 3.19. The Labute approximate surface area is 199 Å². The first-order valence-corrected chi connectivity index (χ1v) is 11.7. The molecule has 3 aromatic rings. The lowest BCUT2D eigenvalue weighted by Crippen LogP contribution is -2.39. The van der Waals surface area contributed by atoms with E-state index in [0.29, 0.717) is 18.8 Å². The molecule has 0 atom stereocenters. The number of halogens is 1. The second-order valence-corrected chi connectivity index (χ2v) is 8.21. The number of hydrogen-bond acceptors (Lipinski definition) is 6. The average molecular weight is 467 g/mol. The van der Waals surface area contributed by atoms with Crippen molar-refractivity contribution in [2.75, 3.05) is 51.8 Å². The van der Waals surface area contributed by atoms with Gasteiger partial charge in [0.05, 0.1) is 20.3 Å². The lowest BCUT2D eigenvalue weighted by molar-refractivity contribution is 0.0398. The summed E-state index contributed by atoms with van der Waals surface area (Å²) >= 11 is 0. The molecule has 1 aliphatic heterocycles. The number of carbonyl (C=O) groups excluding carboxylic acids is 1. The van der Waals surface area contributed by atoms with Crippen molar-refractivity contribution >= 4 is 11.8 Å². The lowest BCUT2D eigenvalue weighted by atomic mass is 9.96. The zero-order valence-corrected chi connectivity index (χ0v) is 19.7. The lowest BCUT2D eigenvalue weighted by Gasteiger charge is -2.27. The number of esters is 1. The minimum Gasteiger partial charge on any atom is -0.464 e. The van der Waals surface area contributed by atoms with Crippen LogP contribution in [0.4, 0.5) is 10.2 Å². The van der Waals surface area contributed by atoms with Crippen LogP contribution in [0.5, 0.6) is 0 Å². The molecule has 1 N–H and O–H groups in total. The molecule has 0 unspecified atom stereocenters. The van der Waals surface area contributed by atoms with Gasteiger partial charge in [-0.2, -0.15) is 0 Å².